The number of nitrogens with zero attached hydrogens (tertiary/aromatic N) is 2. The number of H-pyrrole nitrogens is 1. The summed E-state index contributed by atoms with van der Waals surface area (Å²) in [4.78, 5) is 24.5. The molecule has 1 aromatic carbocycles. The van der Waals surface area contributed by atoms with Crippen LogP contribution in [0, 0.1) is 12.8 Å². The molecule has 2 heterocycles. The highest BCUT2D eigenvalue weighted by Crippen LogP contribution is 2.36. The largest absolute Gasteiger partial charge is 0.573 e. The minimum Gasteiger partial charge on any atom is -0.405 e. The van der Waals surface area contributed by atoms with Crippen LogP contribution in [0.25, 0.3) is 11.3 Å². The number of nitrogens with one attached hydrogen (secondary N) is 2. The molecule has 0 spiro atoms. The molecule has 0 radical (unpaired) electrons. The Morgan fingerprint density at radius 3 is 2.64 bits per heavy atom. The van der Waals surface area contributed by atoms with E-state index in [2.05, 4.69) is 25.0 Å². The number of carbonyl (C=O) groups is 1. The van der Waals surface area contributed by atoms with Crippen molar-refractivity contribution in [2.75, 3.05) is 6.54 Å². The van der Waals surface area contributed by atoms with E-state index in [0.29, 0.717) is 35.3 Å². The third kappa shape index (κ3) is 5.71. The van der Waals surface area contributed by atoms with E-state index in [1.807, 2.05) is 6.20 Å². The van der Waals surface area contributed by atoms with Crippen molar-refractivity contribution >= 4 is 5.91 Å². The Hall–Kier alpha value is -3.36. The van der Waals surface area contributed by atoms with Gasteiger partial charge in [0.25, 0.3) is 5.91 Å². The maximum absolute atomic E-state index is 13.0. The first kappa shape index (κ1) is 22.8. The summed E-state index contributed by atoms with van der Waals surface area (Å²) in [5.74, 6) is 0.0383. The first-order chi connectivity index (χ1) is 15.8. The highest BCUT2D eigenvalue weighted by molar-refractivity contribution is 6.01. The number of hydrogen-bond acceptors (Lipinski definition) is 4. The van der Waals surface area contributed by atoms with Crippen LogP contribution in [0.4, 0.5) is 13.2 Å². The summed E-state index contributed by atoms with van der Waals surface area (Å²) in [5, 5.41) is 2.96. The lowest BCUT2D eigenvalue weighted by molar-refractivity contribution is -0.274. The first-order valence-corrected chi connectivity index (χ1v) is 10.9. The van der Waals surface area contributed by atoms with Crippen molar-refractivity contribution in [3.63, 3.8) is 0 Å². The molecule has 1 aliphatic carbocycles. The van der Waals surface area contributed by atoms with Crippen LogP contribution in [0.15, 0.2) is 48.9 Å². The lowest BCUT2D eigenvalue weighted by atomic mass is 9.80. The van der Waals surface area contributed by atoms with Gasteiger partial charge in [0.1, 0.15) is 5.75 Å². The van der Waals surface area contributed by atoms with Crippen molar-refractivity contribution in [2.24, 2.45) is 5.92 Å². The Labute approximate surface area is 189 Å². The van der Waals surface area contributed by atoms with Crippen LogP contribution in [-0.2, 0) is 0 Å². The molecule has 3 aromatic rings. The standard InChI is InChI=1S/C24H25F3N4O2/c1-15-12-19(22(31-15)18-4-2-3-5-21(18)33-24(25,26)27)23(32)30-13-16-6-8-17(9-7-16)20-14-28-10-11-29-20/h2-5,10-12,14,16-17,31H,6-9,13H2,1H3,(H,30,32). The summed E-state index contributed by atoms with van der Waals surface area (Å²) in [7, 11) is 0. The zero-order chi connectivity index (χ0) is 23.4. The van der Waals surface area contributed by atoms with Crippen LogP contribution in [0.5, 0.6) is 5.75 Å². The molecule has 6 nitrogen and oxygen atoms in total. The molecule has 33 heavy (non-hydrogen) atoms. The van der Waals surface area contributed by atoms with Crippen molar-refractivity contribution in [2.45, 2.75) is 44.9 Å². The van der Waals surface area contributed by atoms with Gasteiger partial charge in [-0.15, -0.1) is 13.2 Å². The van der Waals surface area contributed by atoms with Crippen LogP contribution in [0.3, 0.4) is 0 Å². The fourth-order valence-electron chi connectivity index (χ4n) is 4.38. The Bertz CT molecular complexity index is 1090. The summed E-state index contributed by atoms with van der Waals surface area (Å²) in [6.07, 6.45) is 4.23. The third-order valence-electron chi connectivity index (χ3n) is 5.98. The smallest absolute Gasteiger partial charge is 0.405 e. The number of amides is 1. The van der Waals surface area contributed by atoms with Crippen molar-refractivity contribution in [3.05, 3.63) is 65.9 Å². The van der Waals surface area contributed by atoms with E-state index >= 15 is 0 Å². The van der Waals surface area contributed by atoms with E-state index in [0.717, 1.165) is 31.4 Å². The second-order valence-corrected chi connectivity index (χ2v) is 8.34. The number of hydrogen-bond donors (Lipinski definition) is 2. The quantitative estimate of drug-likeness (QED) is 0.520. The molecular formula is C24H25F3N4O2. The molecule has 0 unspecified atom stereocenters. The van der Waals surface area contributed by atoms with E-state index in [9.17, 15) is 18.0 Å². The SMILES string of the molecule is Cc1cc(C(=O)NCC2CCC(c3cnccn3)CC2)c(-c2ccccc2OC(F)(F)F)[nH]1. The van der Waals surface area contributed by atoms with Crippen molar-refractivity contribution in [1.82, 2.24) is 20.3 Å². The molecule has 0 atom stereocenters. The highest BCUT2D eigenvalue weighted by Gasteiger charge is 2.33. The average Bonchev–Trinajstić information content (AvgIpc) is 3.19. The molecule has 9 heteroatoms. The van der Waals surface area contributed by atoms with Gasteiger partial charge in [0.05, 0.1) is 17.0 Å². The van der Waals surface area contributed by atoms with Gasteiger partial charge in [0, 0.05) is 42.3 Å². The zero-order valence-corrected chi connectivity index (χ0v) is 18.2. The molecule has 1 fully saturated rings. The second kappa shape index (κ2) is 9.64. The van der Waals surface area contributed by atoms with Crippen molar-refractivity contribution in [3.8, 4) is 17.0 Å². The molecule has 2 N–H and O–H groups in total. The fourth-order valence-corrected chi connectivity index (χ4v) is 4.38. The van der Waals surface area contributed by atoms with Crippen LogP contribution in [-0.4, -0.2) is 33.8 Å². The molecular weight excluding hydrogens is 433 g/mol. The molecule has 0 saturated heterocycles. The van der Waals surface area contributed by atoms with E-state index < -0.39 is 6.36 Å². The number of aryl methyl sites for hydroxylation is 1. The number of alkyl halides is 3. The van der Waals surface area contributed by atoms with Crippen LogP contribution in [0.1, 0.15) is 53.3 Å². The number of ether oxygens (including phenoxy) is 1. The molecule has 1 aliphatic rings. The van der Waals surface area contributed by atoms with E-state index in [4.69, 9.17) is 0 Å². The van der Waals surface area contributed by atoms with E-state index in [-0.39, 0.29) is 17.2 Å². The average molecular weight is 458 g/mol. The third-order valence-corrected chi connectivity index (χ3v) is 5.98. The van der Waals surface area contributed by atoms with Crippen LogP contribution in [0.2, 0.25) is 0 Å². The predicted molar refractivity (Wildman–Crippen MR) is 117 cm³/mol. The van der Waals surface area contributed by atoms with Gasteiger partial charge in [-0.05, 0) is 56.7 Å². The van der Waals surface area contributed by atoms with Gasteiger partial charge in [-0.1, -0.05) is 12.1 Å². The zero-order valence-electron chi connectivity index (χ0n) is 18.2. The maximum Gasteiger partial charge on any atom is 0.573 e. The number of carbonyl (C=O) groups excluding carboxylic acids is 1. The predicted octanol–water partition coefficient (Wildman–Crippen LogP) is 5.38. The Morgan fingerprint density at radius 2 is 1.94 bits per heavy atom. The van der Waals surface area contributed by atoms with Gasteiger partial charge in [-0.3, -0.25) is 14.8 Å². The Balaban J connectivity index is 1.42. The van der Waals surface area contributed by atoms with Gasteiger partial charge in [-0.2, -0.15) is 0 Å². The number of aromatic amines is 1. The summed E-state index contributed by atoms with van der Waals surface area (Å²) in [5.41, 5.74) is 2.45. The molecule has 0 aliphatic heterocycles. The molecule has 0 bridgehead atoms. The minimum absolute atomic E-state index is 0.178. The second-order valence-electron chi connectivity index (χ2n) is 8.34. The topological polar surface area (TPSA) is 79.9 Å². The summed E-state index contributed by atoms with van der Waals surface area (Å²) < 4.78 is 42.7. The highest BCUT2D eigenvalue weighted by atomic mass is 19.4. The van der Waals surface area contributed by atoms with E-state index in [1.165, 1.54) is 18.2 Å². The molecule has 174 valence electrons. The molecule has 1 saturated carbocycles. The van der Waals surface area contributed by atoms with Crippen LogP contribution < -0.4 is 10.1 Å². The summed E-state index contributed by atoms with van der Waals surface area (Å²) >= 11 is 0. The van der Waals surface area contributed by atoms with Crippen molar-refractivity contribution in [1.29, 1.82) is 0 Å². The number of benzene rings is 1. The van der Waals surface area contributed by atoms with Crippen molar-refractivity contribution < 1.29 is 22.7 Å². The normalized spacial score (nSPS) is 18.7. The maximum atomic E-state index is 13.0. The Morgan fingerprint density at radius 1 is 1.18 bits per heavy atom. The van der Waals surface area contributed by atoms with Crippen LogP contribution >= 0.6 is 0 Å². The van der Waals surface area contributed by atoms with Gasteiger partial charge in [0.2, 0.25) is 0 Å². The first-order valence-electron chi connectivity index (χ1n) is 10.9. The summed E-state index contributed by atoms with van der Waals surface area (Å²) in [6, 6.07) is 7.43. The number of rotatable bonds is 6. The lowest BCUT2D eigenvalue weighted by Gasteiger charge is -2.28. The molecule has 4 rings (SSSR count). The number of halogens is 3. The lowest BCUT2D eigenvalue weighted by Crippen LogP contribution is -2.31. The molecule has 1 amide bonds. The minimum atomic E-state index is -4.83. The number of para-hydroxylation sites is 1. The van der Waals surface area contributed by atoms with Gasteiger partial charge >= 0.3 is 6.36 Å². The van der Waals surface area contributed by atoms with E-state index in [1.54, 1.807) is 31.5 Å². The Kier molecular flexibility index (Phi) is 6.67. The monoisotopic (exact) mass is 458 g/mol. The number of aromatic nitrogens is 3. The molecule has 2 aromatic heterocycles. The van der Waals surface area contributed by atoms with Gasteiger partial charge < -0.3 is 15.0 Å². The van der Waals surface area contributed by atoms with Gasteiger partial charge in [0.15, 0.2) is 0 Å². The fraction of sp³-hybridized carbons (Fsp3) is 0.375. The van der Waals surface area contributed by atoms with Gasteiger partial charge in [-0.25, -0.2) is 0 Å². The summed E-state index contributed by atoms with van der Waals surface area (Å²) in [6.45, 7) is 2.26.